The zero-order chi connectivity index (χ0) is 9.97. The van der Waals surface area contributed by atoms with Crippen molar-refractivity contribution in [3.8, 4) is 11.3 Å². The van der Waals surface area contributed by atoms with Crippen LogP contribution in [0.4, 0.5) is 0 Å². The lowest BCUT2D eigenvalue weighted by Crippen LogP contribution is -1.90. The summed E-state index contributed by atoms with van der Waals surface area (Å²) in [5, 5.41) is 7.97. The fourth-order valence-electron chi connectivity index (χ4n) is 1.05. The molecule has 0 spiro atoms. The van der Waals surface area contributed by atoms with E-state index in [1.165, 1.54) is 6.33 Å². The van der Waals surface area contributed by atoms with E-state index in [0.717, 1.165) is 10.0 Å². The highest BCUT2D eigenvalue weighted by Gasteiger charge is 2.05. The van der Waals surface area contributed by atoms with Crippen molar-refractivity contribution in [2.75, 3.05) is 0 Å². The number of benzene rings is 1. The molecule has 0 fully saturated rings. The molecule has 5 heteroatoms. The molecule has 2 rings (SSSR count). The van der Waals surface area contributed by atoms with Crippen LogP contribution in [0, 0.1) is 0 Å². The third kappa shape index (κ3) is 1.91. The monoisotopic (exact) mass is 269 g/mol. The Bertz CT molecular complexity index is 444. The molecule has 0 atom stereocenters. The van der Waals surface area contributed by atoms with Gasteiger partial charge in [-0.15, -0.1) is 10.2 Å². The smallest absolute Gasteiger partial charge is 0.159 e. The van der Waals surface area contributed by atoms with Gasteiger partial charge in [-0.2, -0.15) is 0 Å². The van der Waals surface area contributed by atoms with Crippen LogP contribution in [-0.4, -0.2) is 15.2 Å². The summed E-state index contributed by atoms with van der Waals surface area (Å²) in [6.45, 7) is 0. The lowest BCUT2D eigenvalue weighted by Gasteiger charge is -2.00. The molecule has 2 aromatic rings. The summed E-state index contributed by atoms with van der Waals surface area (Å²) in [5.41, 5.74) is 1.50. The summed E-state index contributed by atoms with van der Waals surface area (Å²) in [5.74, 6) is 0. The van der Waals surface area contributed by atoms with Crippen molar-refractivity contribution in [2.24, 2.45) is 0 Å². The summed E-state index contributed by atoms with van der Waals surface area (Å²) in [6, 6.07) is 7.64. The first kappa shape index (κ1) is 9.55. The van der Waals surface area contributed by atoms with Gasteiger partial charge in [0.2, 0.25) is 0 Å². The molecule has 70 valence electrons. The second-order valence-electron chi connectivity index (χ2n) is 2.61. The van der Waals surface area contributed by atoms with Crippen LogP contribution in [-0.2, 0) is 0 Å². The van der Waals surface area contributed by atoms with Crippen molar-refractivity contribution >= 4 is 27.5 Å². The van der Waals surface area contributed by atoms with Gasteiger partial charge in [-0.25, -0.2) is 4.98 Å². The van der Waals surface area contributed by atoms with Crippen LogP contribution in [0.3, 0.4) is 0 Å². The quantitative estimate of drug-likeness (QED) is 0.800. The molecular formula is C9H5BrClN3. The highest BCUT2D eigenvalue weighted by Crippen LogP contribution is 2.23. The number of hydrogen-bond donors (Lipinski definition) is 0. The Labute approximate surface area is 94.3 Å². The van der Waals surface area contributed by atoms with Gasteiger partial charge in [0.1, 0.15) is 12.0 Å². The fourth-order valence-corrected chi connectivity index (χ4v) is 1.50. The molecule has 3 nitrogen and oxygen atoms in total. The topological polar surface area (TPSA) is 38.7 Å². The van der Waals surface area contributed by atoms with Gasteiger partial charge in [0.25, 0.3) is 0 Å². The van der Waals surface area contributed by atoms with Crippen molar-refractivity contribution in [2.45, 2.75) is 0 Å². The SMILES string of the molecule is Clc1ncnnc1-c1ccc(Br)cc1. The molecule has 0 amide bonds. The Morgan fingerprint density at radius 2 is 1.86 bits per heavy atom. The van der Waals surface area contributed by atoms with Gasteiger partial charge in [-0.1, -0.05) is 39.7 Å². The molecule has 0 unspecified atom stereocenters. The second kappa shape index (κ2) is 4.02. The summed E-state index contributed by atoms with van der Waals surface area (Å²) < 4.78 is 1.01. The van der Waals surface area contributed by atoms with Crippen LogP contribution in [0.15, 0.2) is 35.1 Å². The summed E-state index contributed by atoms with van der Waals surface area (Å²) in [6.07, 6.45) is 1.32. The zero-order valence-electron chi connectivity index (χ0n) is 6.98. The first-order valence-electron chi connectivity index (χ1n) is 3.86. The molecule has 0 saturated carbocycles. The maximum Gasteiger partial charge on any atom is 0.159 e. The van der Waals surface area contributed by atoms with Gasteiger partial charge in [0.15, 0.2) is 5.15 Å². The minimum Gasteiger partial charge on any atom is -0.220 e. The van der Waals surface area contributed by atoms with E-state index in [2.05, 4.69) is 31.1 Å². The lowest BCUT2D eigenvalue weighted by molar-refractivity contribution is 0.977. The van der Waals surface area contributed by atoms with Crippen LogP contribution >= 0.6 is 27.5 Å². The molecule has 0 bridgehead atoms. The Balaban J connectivity index is 2.50. The van der Waals surface area contributed by atoms with Gasteiger partial charge in [0.05, 0.1) is 0 Å². The number of aromatic nitrogens is 3. The van der Waals surface area contributed by atoms with Gasteiger partial charge in [0, 0.05) is 10.0 Å². The molecule has 1 aromatic carbocycles. The van der Waals surface area contributed by atoms with Crippen LogP contribution in [0.1, 0.15) is 0 Å². The van der Waals surface area contributed by atoms with E-state index in [4.69, 9.17) is 11.6 Å². The molecule has 0 saturated heterocycles. The predicted molar refractivity (Wildman–Crippen MR) is 58.0 cm³/mol. The first-order chi connectivity index (χ1) is 6.77. The second-order valence-corrected chi connectivity index (χ2v) is 3.88. The van der Waals surface area contributed by atoms with E-state index < -0.39 is 0 Å². The Hall–Kier alpha value is -1.00. The lowest BCUT2D eigenvalue weighted by atomic mass is 10.2. The Morgan fingerprint density at radius 3 is 2.50 bits per heavy atom. The Kier molecular flexibility index (Phi) is 2.74. The van der Waals surface area contributed by atoms with Crippen molar-refractivity contribution in [1.29, 1.82) is 0 Å². The third-order valence-electron chi connectivity index (χ3n) is 1.69. The van der Waals surface area contributed by atoms with Crippen molar-refractivity contribution in [1.82, 2.24) is 15.2 Å². The molecule has 0 aliphatic heterocycles. The fraction of sp³-hybridized carbons (Fsp3) is 0. The molecule has 1 aromatic heterocycles. The number of halogens is 2. The summed E-state index contributed by atoms with van der Waals surface area (Å²) in [4.78, 5) is 3.86. The van der Waals surface area contributed by atoms with Gasteiger partial charge >= 0.3 is 0 Å². The standard InChI is InChI=1S/C9H5BrClN3/c10-7-3-1-6(2-4-7)8-9(11)12-5-13-14-8/h1-5H. The van der Waals surface area contributed by atoms with E-state index in [-0.39, 0.29) is 0 Å². The molecule has 0 radical (unpaired) electrons. The number of nitrogens with zero attached hydrogens (tertiary/aromatic N) is 3. The molecule has 0 aliphatic carbocycles. The van der Waals surface area contributed by atoms with Crippen LogP contribution in [0.25, 0.3) is 11.3 Å². The van der Waals surface area contributed by atoms with Crippen LogP contribution in [0.5, 0.6) is 0 Å². The minimum atomic E-state index is 0.363. The van der Waals surface area contributed by atoms with Crippen molar-refractivity contribution in [3.05, 3.63) is 40.2 Å². The normalized spacial score (nSPS) is 10.1. The Morgan fingerprint density at radius 1 is 1.14 bits per heavy atom. The van der Waals surface area contributed by atoms with Gasteiger partial charge in [-0.3, -0.25) is 0 Å². The van der Waals surface area contributed by atoms with Crippen LogP contribution in [0.2, 0.25) is 5.15 Å². The van der Waals surface area contributed by atoms with E-state index in [1.807, 2.05) is 24.3 Å². The molecule has 14 heavy (non-hydrogen) atoms. The first-order valence-corrected chi connectivity index (χ1v) is 5.03. The molecular weight excluding hydrogens is 265 g/mol. The van der Waals surface area contributed by atoms with Crippen molar-refractivity contribution < 1.29 is 0 Å². The van der Waals surface area contributed by atoms with Gasteiger partial charge < -0.3 is 0 Å². The van der Waals surface area contributed by atoms with E-state index >= 15 is 0 Å². The highest BCUT2D eigenvalue weighted by molar-refractivity contribution is 9.10. The molecule has 0 aliphatic rings. The van der Waals surface area contributed by atoms with Crippen molar-refractivity contribution in [3.63, 3.8) is 0 Å². The van der Waals surface area contributed by atoms with E-state index in [1.54, 1.807) is 0 Å². The summed E-state index contributed by atoms with van der Waals surface area (Å²) in [7, 11) is 0. The number of hydrogen-bond acceptors (Lipinski definition) is 3. The van der Waals surface area contributed by atoms with Gasteiger partial charge in [-0.05, 0) is 12.1 Å². The molecule has 0 N–H and O–H groups in total. The average Bonchev–Trinajstić information content (AvgIpc) is 2.20. The van der Waals surface area contributed by atoms with E-state index in [9.17, 15) is 0 Å². The number of rotatable bonds is 1. The minimum absolute atomic E-state index is 0.363. The maximum absolute atomic E-state index is 5.87. The van der Waals surface area contributed by atoms with E-state index in [0.29, 0.717) is 10.8 Å². The predicted octanol–water partition coefficient (Wildman–Crippen LogP) is 2.95. The summed E-state index contributed by atoms with van der Waals surface area (Å²) >= 11 is 9.23. The highest BCUT2D eigenvalue weighted by atomic mass is 79.9. The molecule has 1 heterocycles. The van der Waals surface area contributed by atoms with Crippen LogP contribution < -0.4 is 0 Å². The zero-order valence-corrected chi connectivity index (χ0v) is 9.33. The third-order valence-corrected chi connectivity index (χ3v) is 2.50. The maximum atomic E-state index is 5.87. The largest absolute Gasteiger partial charge is 0.220 e. The average molecular weight is 271 g/mol.